The molecule has 1 atom stereocenters. The van der Waals surface area contributed by atoms with E-state index in [9.17, 15) is 4.79 Å². The predicted molar refractivity (Wildman–Crippen MR) is 87.0 cm³/mol. The molecule has 0 N–H and O–H groups in total. The third-order valence-corrected chi connectivity index (χ3v) is 3.73. The summed E-state index contributed by atoms with van der Waals surface area (Å²) < 4.78 is 11.3. The molecular formula is C19H18O3. The molecule has 0 amide bonds. The standard InChI is InChI=1S/C19H18O3/c1-13(20)10-19-17(14-6-4-3-5-7-14)11-15-8-9-16(21-2)12-18(15)22-19/h3-9,11-12,19H,10H2,1-2H3. The highest BCUT2D eigenvalue weighted by molar-refractivity contribution is 5.90. The van der Waals surface area contributed by atoms with Crippen LogP contribution in [0.25, 0.3) is 11.6 Å². The lowest BCUT2D eigenvalue weighted by Crippen LogP contribution is -2.24. The topological polar surface area (TPSA) is 35.5 Å². The third kappa shape index (κ3) is 2.89. The van der Waals surface area contributed by atoms with Crippen LogP contribution in [0, 0.1) is 0 Å². The molecule has 2 aromatic rings. The second-order valence-electron chi connectivity index (χ2n) is 5.38. The van der Waals surface area contributed by atoms with Crippen molar-refractivity contribution < 1.29 is 14.3 Å². The van der Waals surface area contributed by atoms with Gasteiger partial charge in [0, 0.05) is 23.6 Å². The molecule has 3 nitrogen and oxygen atoms in total. The van der Waals surface area contributed by atoms with Crippen molar-refractivity contribution in [3.63, 3.8) is 0 Å². The van der Waals surface area contributed by atoms with Crippen LogP contribution in [0.4, 0.5) is 0 Å². The third-order valence-electron chi connectivity index (χ3n) is 3.73. The molecule has 3 heteroatoms. The van der Waals surface area contributed by atoms with E-state index < -0.39 is 0 Å². The van der Waals surface area contributed by atoms with Crippen molar-refractivity contribution in [1.82, 2.24) is 0 Å². The fraction of sp³-hybridized carbons (Fsp3) is 0.211. The monoisotopic (exact) mass is 294 g/mol. The molecule has 0 fully saturated rings. The Kier molecular flexibility index (Phi) is 3.96. The Balaban J connectivity index is 2.05. The second kappa shape index (κ2) is 6.06. The largest absolute Gasteiger partial charge is 0.497 e. The number of rotatable bonds is 4. The molecule has 2 aromatic carbocycles. The Morgan fingerprint density at radius 1 is 1.18 bits per heavy atom. The molecule has 112 valence electrons. The van der Waals surface area contributed by atoms with Crippen LogP contribution in [0.15, 0.2) is 48.5 Å². The molecule has 1 unspecified atom stereocenters. The number of ketones is 1. The lowest BCUT2D eigenvalue weighted by molar-refractivity contribution is -0.118. The van der Waals surface area contributed by atoms with E-state index >= 15 is 0 Å². The van der Waals surface area contributed by atoms with Crippen molar-refractivity contribution in [2.24, 2.45) is 0 Å². The first kappa shape index (κ1) is 14.4. The first-order valence-electron chi connectivity index (χ1n) is 7.28. The Morgan fingerprint density at radius 3 is 2.64 bits per heavy atom. The minimum absolute atomic E-state index is 0.109. The molecule has 1 aliphatic rings. The van der Waals surface area contributed by atoms with E-state index in [4.69, 9.17) is 9.47 Å². The molecule has 22 heavy (non-hydrogen) atoms. The summed E-state index contributed by atoms with van der Waals surface area (Å²) in [4.78, 5) is 11.6. The summed E-state index contributed by atoms with van der Waals surface area (Å²) in [5.41, 5.74) is 3.11. The van der Waals surface area contributed by atoms with Crippen molar-refractivity contribution in [2.45, 2.75) is 19.4 Å². The maximum Gasteiger partial charge on any atom is 0.133 e. The van der Waals surface area contributed by atoms with Crippen LogP contribution in [0.2, 0.25) is 0 Å². The summed E-state index contributed by atoms with van der Waals surface area (Å²) in [5, 5.41) is 0. The maximum atomic E-state index is 11.6. The fourth-order valence-electron chi connectivity index (χ4n) is 2.65. The molecule has 0 bridgehead atoms. The van der Waals surface area contributed by atoms with Gasteiger partial charge in [0.15, 0.2) is 0 Å². The van der Waals surface area contributed by atoms with Crippen LogP contribution in [0.5, 0.6) is 11.5 Å². The van der Waals surface area contributed by atoms with Gasteiger partial charge in [-0.2, -0.15) is 0 Å². The van der Waals surface area contributed by atoms with E-state index in [-0.39, 0.29) is 11.9 Å². The van der Waals surface area contributed by atoms with E-state index in [1.165, 1.54) is 0 Å². The van der Waals surface area contributed by atoms with Crippen LogP contribution in [-0.4, -0.2) is 19.0 Å². The molecule has 3 rings (SSSR count). The van der Waals surface area contributed by atoms with E-state index in [1.807, 2.05) is 48.5 Å². The van der Waals surface area contributed by atoms with Crippen molar-refractivity contribution in [3.05, 3.63) is 59.7 Å². The van der Waals surface area contributed by atoms with Crippen LogP contribution >= 0.6 is 0 Å². The molecular weight excluding hydrogens is 276 g/mol. The minimum atomic E-state index is -0.264. The Bertz CT molecular complexity index is 717. The average Bonchev–Trinajstić information content (AvgIpc) is 2.54. The van der Waals surface area contributed by atoms with E-state index in [0.29, 0.717) is 6.42 Å². The number of carbonyl (C=O) groups is 1. The quantitative estimate of drug-likeness (QED) is 0.855. The first-order valence-corrected chi connectivity index (χ1v) is 7.28. The van der Waals surface area contributed by atoms with E-state index in [2.05, 4.69) is 6.08 Å². The second-order valence-corrected chi connectivity index (χ2v) is 5.38. The highest BCUT2D eigenvalue weighted by Crippen LogP contribution is 2.37. The molecule has 0 aromatic heterocycles. The van der Waals surface area contributed by atoms with Gasteiger partial charge in [-0.15, -0.1) is 0 Å². The van der Waals surface area contributed by atoms with Gasteiger partial charge in [0.25, 0.3) is 0 Å². The van der Waals surface area contributed by atoms with Crippen molar-refractivity contribution in [1.29, 1.82) is 0 Å². The van der Waals surface area contributed by atoms with Crippen LogP contribution in [-0.2, 0) is 4.79 Å². The highest BCUT2D eigenvalue weighted by atomic mass is 16.5. The molecule has 1 aliphatic heterocycles. The van der Waals surface area contributed by atoms with Gasteiger partial charge in [0.05, 0.1) is 7.11 Å². The molecule has 0 saturated heterocycles. The van der Waals surface area contributed by atoms with Crippen LogP contribution in [0.1, 0.15) is 24.5 Å². The lowest BCUT2D eigenvalue weighted by atomic mass is 9.92. The van der Waals surface area contributed by atoms with Crippen LogP contribution < -0.4 is 9.47 Å². The average molecular weight is 294 g/mol. The number of ether oxygens (including phenoxy) is 2. The number of methoxy groups -OCH3 is 1. The SMILES string of the molecule is COc1ccc2c(c1)OC(CC(C)=O)C(c1ccccc1)=C2. The summed E-state index contributed by atoms with van der Waals surface area (Å²) in [6.45, 7) is 1.59. The lowest BCUT2D eigenvalue weighted by Gasteiger charge is -2.27. The number of carbonyl (C=O) groups excluding carboxylic acids is 1. The molecule has 0 aliphatic carbocycles. The zero-order chi connectivity index (χ0) is 15.5. The van der Waals surface area contributed by atoms with Gasteiger partial charge in [0.1, 0.15) is 23.4 Å². The van der Waals surface area contributed by atoms with Gasteiger partial charge in [0.2, 0.25) is 0 Å². The summed E-state index contributed by atoms with van der Waals surface area (Å²) >= 11 is 0. The van der Waals surface area contributed by atoms with Gasteiger partial charge in [-0.3, -0.25) is 4.79 Å². The highest BCUT2D eigenvalue weighted by Gasteiger charge is 2.25. The zero-order valence-corrected chi connectivity index (χ0v) is 12.7. The van der Waals surface area contributed by atoms with Gasteiger partial charge in [-0.1, -0.05) is 30.3 Å². The number of hydrogen-bond acceptors (Lipinski definition) is 3. The van der Waals surface area contributed by atoms with E-state index in [0.717, 1.165) is 28.2 Å². The summed E-state index contributed by atoms with van der Waals surface area (Å²) in [6.07, 6.45) is 2.19. The normalized spacial score (nSPS) is 16.3. The molecule has 0 saturated carbocycles. The number of hydrogen-bond donors (Lipinski definition) is 0. The molecule has 1 heterocycles. The smallest absolute Gasteiger partial charge is 0.133 e. The minimum Gasteiger partial charge on any atom is -0.497 e. The van der Waals surface area contributed by atoms with E-state index in [1.54, 1.807) is 14.0 Å². The van der Waals surface area contributed by atoms with Gasteiger partial charge >= 0.3 is 0 Å². The van der Waals surface area contributed by atoms with Gasteiger partial charge in [-0.05, 0) is 30.7 Å². The summed E-state index contributed by atoms with van der Waals surface area (Å²) in [5.74, 6) is 1.61. The number of benzene rings is 2. The zero-order valence-electron chi connectivity index (χ0n) is 12.7. The summed E-state index contributed by atoms with van der Waals surface area (Å²) in [6, 6.07) is 15.8. The predicted octanol–water partition coefficient (Wildman–Crippen LogP) is 3.98. The van der Waals surface area contributed by atoms with Gasteiger partial charge in [-0.25, -0.2) is 0 Å². The van der Waals surface area contributed by atoms with Crippen molar-refractivity contribution >= 4 is 17.4 Å². The van der Waals surface area contributed by atoms with Crippen molar-refractivity contribution in [3.8, 4) is 11.5 Å². The first-order chi connectivity index (χ1) is 10.7. The number of Topliss-reactive ketones (excluding diaryl/α,β-unsaturated/α-hetero) is 1. The fourth-order valence-corrected chi connectivity index (χ4v) is 2.65. The summed E-state index contributed by atoms with van der Waals surface area (Å²) in [7, 11) is 1.63. The van der Waals surface area contributed by atoms with Crippen LogP contribution in [0.3, 0.4) is 0 Å². The number of fused-ring (bicyclic) bond motifs is 1. The molecule has 0 spiro atoms. The Hall–Kier alpha value is -2.55. The van der Waals surface area contributed by atoms with Crippen molar-refractivity contribution in [2.75, 3.05) is 7.11 Å². The maximum absolute atomic E-state index is 11.6. The Morgan fingerprint density at radius 2 is 1.95 bits per heavy atom. The Labute approximate surface area is 130 Å². The molecule has 0 radical (unpaired) electrons. The van der Waals surface area contributed by atoms with Gasteiger partial charge < -0.3 is 9.47 Å².